The van der Waals surface area contributed by atoms with Gasteiger partial charge in [0.2, 0.25) is 5.91 Å². The maximum Gasteiger partial charge on any atom is 0.243 e. The largest absolute Gasteiger partial charge is 0.342 e. The van der Waals surface area contributed by atoms with Crippen LogP contribution in [0.5, 0.6) is 0 Å². The number of carbonyl (C=O) groups excluding carboxylic acids is 1. The number of aromatic nitrogens is 3. The number of rotatable bonds is 2. The predicted molar refractivity (Wildman–Crippen MR) is 50.4 cm³/mol. The molecule has 1 N–H and O–H groups in total. The standard InChI is InChI=1S/C9H12N4O/c1-3-8(14)12-7-4-6(2)13-9(7)10-5-11-13/h3,5-7H,1,4H2,2H3,(H,12,14). The Morgan fingerprint density at radius 1 is 1.86 bits per heavy atom. The number of hydrogen-bond donors (Lipinski definition) is 1. The molecule has 0 bridgehead atoms. The Labute approximate surface area is 81.8 Å². The van der Waals surface area contributed by atoms with E-state index in [0.29, 0.717) is 6.04 Å². The highest BCUT2D eigenvalue weighted by atomic mass is 16.1. The highest BCUT2D eigenvalue weighted by molar-refractivity contribution is 5.87. The van der Waals surface area contributed by atoms with Crippen LogP contribution in [-0.4, -0.2) is 20.7 Å². The fourth-order valence-electron chi connectivity index (χ4n) is 1.75. The molecule has 5 nitrogen and oxygen atoms in total. The Balaban J connectivity index is 2.18. The third-order valence-corrected chi connectivity index (χ3v) is 2.41. The van der Waals surface area contributed by atoms with Crippen molar-refractivity contribution in [2.24, 2.45) is 0 Å². The molecule has 0 aromatic carbocycles. The fraction of sp³-hybridized carbons (Fsp3) is 0.444. The SMILES string of the molecule is C=CC(=O)NC1CC(C)n2ncnc21. The van der Waals surface area contributed by atoms with Crippen molar-refractivity contribution in [1.82, 2.24) is 20.1 Å². The molecule has 2 heterocycles. The number of carbonyl (C=O) groups is 1. The second kappa shape index (κ2) is 3.25. The lowest BCUT2D eigenvalue weighted by Gasteiger charge is -2.08. The van der Waals surface area contributed by atoms with Crippen LogP contribution in [0.15, 0.2) is 19.0 Å². The summed E-state index contributed by atoms with van der Waals surface area (Å²) >= 11 is 0. The van der Waals surface area contributed by atoms with E-state index >= 15 is 0 Å². The zero-order valence-electron chi connectivity index (χ0n) is 7.97. The fourth-order valence-corrected chi connectivity index (χ4v) is 1.75. The summed E-state index contributed by atoms with van der Waals surface area (Å²) in [6, 6.07) is 0.264. The molecule has 2 unspecified atom stereocenters. The lowest BCUT2D eigenvalue weighted by atomic mass is 10.2. The van der Waals surface area contributed by atoms with E-state index < -0.39 is 0 Å². The normalized spacial score (nSPS) is 24.4. The van der Waals surface area contributed by atoms with Crippen molar-refractivity contribution < 1.29 is 4.79 Å². The molecule has 2 atom stereocenters. The smallest absolute Gasteiger partial charge is 0.243 e. The molecule has 14 heavy (non-hydrogen) atoms. The van der Waals surface area contributed by atoms with Gasteiger partial charge in [-0.2, -0.15) is 5.10 Å². The number of nitrogens with zero attached hydrogens (tertiary/aromatic N) is 3. The first-order valence-corrected chi connectivity index (χ1v) is 4.54. The predicted octanol–water partition coefficient (Wildman–Crippen LogP) is 0.586. The quantitative estimate of drug-likeness (QED) is 0.697. The molecule has 1 aliphatic heterocycles. The Morgan fingerprint density at radius 3 is 3.36 bits per heavy atom. The third-order valence-electron chi connectivity index (χ3n) is 2.41. The molecule has 0 radical (unpaired) electrons. The Bertz CT molecular complexity index is 371. The van der Waals surface area contributed by atoms with Crippen LogP contribution >= 0.6 is 0 Å². The third kappa shape index (κ3) is 1.30. The minimum Gasteiger partial charge on any atom is -0.342 e. The van der Waals surface area contributed by atoms with Gasteiger partial charge < -0.3 is 5.32 Å². The molecule has 1 aromatic rings. The minimum absolute atomic E-state index is 0.0296. The van der Waals surface area contributed by atoms with Crippen molar-refractivity contribution in [3.63, 3.8) is 0 Å². The van der Waals surface area contributed by atoms with E-state index in [1.807, 2.05) is 4.68 Å². The van der Waals surface area contributed by atoms with Gasteiger partial charge in [0.25, 0.3) is 0 Å². The van der Waals surface area contributed by atoms with Crippen LogP contribution in [0, 0.1) is 0 Å². The lowest BCUT2D eigenvalue weighted by molar-refractivity contribution is -0.117. The van der Waals surface area contributed by atoms with Gasteiger partial charge in [0.05, 0.1) is 12.1 Å². The molecular weight excluding hydrogens is 180 g/mol. The van der Waals surface area contributed by atoms with E-state index in [1.165, 1.54) is 12.4 Å². The van der Waals surface area contributed by atoms with Gasteiger partial charge in [-0.1, -0.05) is 6.58 Å². The maximum atomic E-state index is 11.1. The number of fused-ring (bicyclic) bond motifs is 1. The molecule has 74 valence electrons. The monoisotopic (exact) mass is 192 g/mol. The first kappa shape index (κ1) is 8.93. The summed E-state index contributed by atoms with van der Waals surface area (Å²) in [6.45, 7) is 5.46. The number of nitrogens with one attached hydrogen (secondary N) is 1. The highest BCUT2D eigenvalue weighted by Gasteiger charge is 2.30. The first-order chi connectivity index (χ1) is 6.72. The van der Waals surface area contributed by atoms with Gasteiger partial charge in [0.15, 0.2) is 0 Å². The van der Waals surface area contributed by atoms with Crippen LogP contribution in [0.25, 0.3) is 0 Å². The molecule has 1 amide bonds. The van der Waals surface area contributed by atoms with Gasteiger partial charge in [-0.25, -0.2) is 9.67 Å². The van der Waals surface area contributed by atoms with E-state index in [-0.39, 0.29) is 11.9 Å². The van der Waals surface area contributed by atoms with Gasteiger partial charge in [-0.05, 0) is 19.4 Å². The Morgan fingerprint density at radius 2 is 2.64 bits per heavy atom. The summed E-state index contributed by atoms with van der Waals surface area (Å²) in [5, 5.41) is 6.91. The molecule has 0 saturated carbocycles. The van der Waals surface area contributed by atoms with E-state index in [0.717, 1.165) is 12.2 Å². The van der Waals surface area contributed by atoms with Crippen LogP contribution in [0.3, 0.4) is 0 Å². The molecule has 0 aliphatic carbocycles. The van der Waals surface area contributed by atoms with Gasteiger partial charge in [0, 0.05) is 0 Å². The molecular formula is C9H12N4O. The van der Waals surface area contributed by atoms with Gasteiger partial charge >= 0.3 is 0 Å². The van der Waals surface area contributed by atoms with Crippen molar-refractivity contribution in [2.45, 2.75) is 25.4 Å². The van der Waals surface area contributed by atoms with Crippen molar-refractivity contribution in [3.05, 3.63) is 24.8 Å². The molecule has 0 spiro atoms. The number of amides is 1. The van der Waals surface area contributed by atoms with Crippen LogP contribution in [0.4, 0.5) is 0 Å². The molecule has 5 heteroatoms. The van der Waals surface area contributed by atoms with Crippen LogP contribution in [-0.2, 0) is 4.79 Å². The first-order valence-electron chi connectivity index (χ1n) is 4.54. The summed E-state index contributed by atoms with van der Waals surface area (Å²) in [4.78, 5) is 15.2. The summed E-state index contributed by atoms with van der Waals surface area (Å²) in [5.74, 6) is 0.659. The summed E-state index contributed by atoms with van der Waals surface area (Å²) in [7, 11) is 0. The summed E-state index contributed by atoms with van der Waals surface area (Å²) < 4.78 is 1.84. The topological polar surface area (TPSA) is 59.8 Å². The molecule has 1 aliphatic rings. The van der Waals surface area contributed by atoms with Gasteiger partial charge in [-0.3, -0.25) is 4.79 Å². The second-order valence-electron chi connectivity index (χ2n) is 3.41. The van der Waals surface area contributed by atoms with Gasteiger partial charge in [-0.15, -0.1) is 0 Å². The van der Waals surface area contributed by atoms with Crippen molar-refractivity contribution >= 4 is 5.91 Å². The Hall–Kier alpha value is -1.65. The number of hydrogen-bond acceptors (Lipinski definition) is 3. The average molecular weight is 192 g/mol. The molecule has 1 aromatic heterocycles. The van der Waals surface area contributed by atoms with Crippen LogP contribution in [0.1, 0.15) is 31.3 Å². The zero-order valence-corrected chi connectivity index (χ0v) is 7.97. The second-order valence-corrected chi connectivity index (χ2v) is 3.41. The van der Waals surface area contributed by atoms with E-state index in [9.17, 15) is 4.79 Å². The Kier molecular flexibility index (Phi) is 2.07. The molecule has 0 fully saturated rings. The van der Waals surface area contributed by atoms with E-state index in [4.69, 9.17) is 0 Å². The molecule has 2 rings (SSSR count). The summed E-state index contributed by atoms with van der Waals surface area (Å²) in [5.41, 5.74) is 0. The lowest BCUT2D eigenvalue weighted by Crippen LogP contribution is -2.25. The average Bonchev–Trinajstić information content (AvgIpc) is 2.72. The maximum absolute atomic E-state index is 11.1. The highest BCUT2D eigenvalue weighted by Crippen LogP contribution is 2.31. The minimum atomic E-state index is -0.168. The van der Waals surface area contributed by atoms with Crippen LogP contribution < -0.4 is 5.32 Å². The zero-order chi connectivity index (χ0) is 10.1. The van der Waals surface area contributed by atoms with Crippen molar-refractivity contribution in [2.75, 3.05) is 0 Å². The van der Waals surface area contributed by atoms with E-state index in [2.05, 4.69) is 28.9 Å². The summed E-state index contributed by atoms with van der Waals surface area (Å²) in [6.07, 6.45) is 3.62. The van der Waals surface area contributed by atoms with Gasteiger partial charge in [0.1, 0.15) is 12.2 Å². The van der Waals surface area contributed by atoms with E-state index in [1.54, 1.807) is 0 Å². The molecule has 0 saturated heterocycles. The van der Waals surface area contributed by atoms with Crippen molar-refractivity contribution in [1.29, 1.82) is 0 Å². The van der Waals surface area contributed by atoms with Crippen molar-refractivity contribution in [3.8, 4) is 0 Å². The van der Waals surface area contributed by atoms with Crippen LogP contribution in [0.2, 0.25) is 0 Å².